The number of carbonyl (C=O) groups excluding carboxylic acids is 2. The molecule has 0 aromatic heterocycles. The monoisotopic (exact) mass is 471 g/mol. The molecular formula is C26H33NO7. The third-order valence-corrected chi connectivity index (χ3v) is 4.67. The fraction of sp³-hybridized carbons (Fsp3) is 0.385. The van der Waals surface area contributed by atoms with Crippen LogP contribution in [0.5, 0.6) is 23.0 Å². The third-order valence-electron chi connectivity index (χ3n) is 4.67. The zero-order valence-corrected chi connectivity index (χ0v) is 20.2. The van der Waals surface area contributed by atoms with Gasteiger partial charge in [-0.1, -0.05) is 19.1 Å². The summed E-state index contributed by atoms with van der Waals surface area (Å²) in [5.74, 6) is 1.56. The minimum Gasteiger partial charge on any atom is -0.493 e. The Morgan fingerprint density at radius 1 is 0.912 bits per heavy atom. The molecule has 0 saturated heterocycles. The zero-order valence-electron chi connectivity index (χ0n) is 20.2. The molecule has 0 aliphatic heterocycles. The Balaban J connectivity index is 1.79. The number of carbonyl (C=O) groups is 2. The van der Waals surface area contributed by atoms with Gasteiger partial charge in [0.25, 0.3) is 5.91 Å². The minimum atomic E-state index is -0.612. The van der Waals surface area contributed by atoms with Crippen molar-refractivity contribution in [3.05, 3.63) is 53.6 Å². The number of nitrogens with one attached hydrogen (secondary N) is 1. The summed E-state index contributed by atoms with van der Waals surface area (Å²) in [6, 6.07) is 11.0. The van der Waals surface area contributed by atoms with Gasteiger partial charge >= 0.3 is 5.97 Å². The molecule has 0 aliphatic rings. The van der Waals surface area contributed by atoms with Gasteiger partial charge in [-0.05, 0) is 61.2 Å². The molecule has 0 atom stereocenters. The fourth-order valence-corrected chi connectivity index (χ4v) is 3.01. The second-order valence-corrected chi connectivity index (χ2v) is 7.22. The van der Waals surface area contributed by atoms with E-state index in [1.165, 1.54) is 6.08 Å². The first-order valence-electron chi connectivity index (χ1n) is 11.2. The summed E-state index contributed by atoms with van der Waals surface area (Å²) < 4.78 is 26.8. The van der Waals surface area contributed by atoms with Crippen LogP contribution in [0.4, 0.5) is 0 Å². The predicted molar refractivity (Wildman–Crippen MR) is 130 cm³/mol. The Bertz CT molecular complexity index is 972. The predicted octanol–water partition coefficient (Wildman–Crippen LogP) is 3.81. The summed E-state index contributed by atoms with van der Waals surface area (Å²) in [5, 5.41) is 2.73. The normalized spacial score (nSPS) is 10.6. The summed E-state index contributed by atoms with van der Waals surface area (Å²) in [4.78, 5) is 24.0. The molecule has 2 aromatic rings. The average Bonchev–Trinajstić information content (AvgIpc) is 2.85. The molecule has 0 fully saturated rings. The van der Waals surface area contributed by atoms with Gasteiger partial charge in [-0.3, -0.25) is 4.79 Å². The molecule has 0 radical (unpaired) electrons. The highest BCUT2D eigenvalue weighted by Gasteiger charge is 2.08. The van der Waals surface area contributed by atoms with Crippen LogP contribution in [0.3, 0.4) is 0 Å². The first-order valence-corrected chi connectivity index (χ1v) is 11.2. The summed E-state index contributed by atoms with van der Waals surface area (Å²) in [6.45, 7) is 5.05. The number of benzene rings is 2. The maximum absolute atomic E-state index is 12.0. The van der Waals surface area contributed by atoms with Crippen LogP contribution >= 0.6 is 0 Å². The van der Waals surface area contributed by atoms with Crippen molar-refractivity contribution < 1.29 is 33.3 Å². The molecule has 0 saturated carbocycles. The van der Waals surface area contributed by atoms with Crippen molar-refractivity contribution in [3.63, 3.8) is 0 Å². The Morgan fingerprint density at radius 3 is 2.38 bits per heavy atom. The van der Waals surface area contributed by atoms with Gasteiger partial charge in [0.15, 0.2) is 29.6 Å². The second kappa shape index (κ2) is 14.5. The highest BCUT2D eigenvalue weighted by atomic mass is 16.5. The van der Waals surface area contributed by atoms with E-state index in [0.717, 1.165) is 17.5 Å². The number of methoxy groups -OCH3 is 2. The van der Waals surface area contributed by atoms with Gasteiger partial charge in [-0.25, -0.2) is 4.79 Å². The van der Waals surface area contributed by atoms with E-state index in [4.69, 9.17) is 23.7 Å². The van der Waals surface area contributed by atoms with E-state index in [-0.39, 0.29) is 12.5 Å². The van der Waals surface area contributed by atoms with Gasteiger partial charge in [-0.2, -0.15) is 0 Å². The molecular weight excluding hydrogens is 438 g/mol. The summed E-state index contributed by atoms with van der Waals surface area (Å²) in [7, 11) is 3.15. The highest BCUT2D eigenvalue weighted by Crippen LogP contribution is 2.29. The molecule has 0 bridgehead atoms. The number of amides is 1. The summed E-state index contributed by atoms with van der Waals surface area (Å²) in [5.41, 5.74) is 1.74. The standard InChI is InChI=1S/C26H33NO7/c1-5-15-33-22-11-8-19(17-24(22)32-6-2)9-12-26(29)34-18-25(28)27-14-13-20-7-10-21(30-3)23(16-20)31-4/h7-12,16-17H,5-6,13-15,18H2,1-4H3,(H,27,28)/b12-9+. The van der Waals surface area contributed by atoms with Crippen molar-refractivity contribution in [2.24, 2.45) is 0 Å². The smallest absolute Gasteiger partial charge is 0.331 e. The van der Waals surface area contributed by atoms with E-state index in [2.05, 4.69) is 5.32 Å². The van der Waals surface area contributed by atoms with Crippen LogP contribution in [0.25, 0.3) is 6.08 Å². The van der Waals surface area contributed by atoms with Crippen molar-refractivity contribution in [3.8, 4) is 23.0 Å². The number of esters is 1. The van der Waals surface area contributed by atoms with Crippen molar-refractivity contribution in [1.29, 1.82) is 0 Å². The van der Waals surface area contributed by atoms with E-state index in [1.807, 2.05) is 38.1 Å². The van der Waals surface area contributed by atoms with Gasteiger partial charge in [0.2, 0.25) is 0 Å². The number of hydrogen-bond donors (Lipinski definition) is 1. The summed E-state index contributed by atoms with van der Waals surface area (Å²) >= 11 is 0. The lowest BCUT2D eigenvalue weighted by Crippen LogP contribution is -2.30. The van der Waals surface area contributed by atoms with Gasteiger partial charge in [0.05, 0.1) is 27.4 Å². The zero-order chi connectivity index (χ0) is 24.8. The van der Waals surface area contributed by atoms with Crippen molar-refractivity contribution >= 4 is 18.0 Å². The quantitative estimate of drug-likeness (QED) is 0.331. The maximum Gasteiger partial charge on any atom is 0.331 e. The average molecular weight is 472 g/mol. The molecule has 0 aliphatic carbocycles. The number of rotatable bonds is 14. The van der Waals surface area contributed by atoms with Crippen LogP contribution in [0, 0.1) is 0 Å². The first-order chi connectivity index (χ1) is 16.5. The lowest BCUT2D eigenvalue weighted by Gasteiger charge is -2.12. The Hall–Kier alpha value is -3.68. The van der Waals surface area contributed by atoms with E-state index in [1.54, 1.807) is 32.4 Å². The molecule has 8 nitrogen and oxygen atoms in total. The van der Waals surface area contributed by atoms with Crippen LogP contribution in [0.1, 0.15) is 31.4 Å². The molecule has 0 unspecified atom stereocenters. The Morgan fingerprint density at radius 2 is 1.68 bits per heavy atom. The molecule has 184 valence electrons. The van der Waals surface area contributed by atoms with Crippen molar-refractivity contribution in [2.45, 2.75) is 26.7 Å². The van der Waals surface area contributed by atoms with E-state index >= 15 is 0 Å². The molecule has 1 amide bonds. The summed E-state index contributed by atoms with van der Waals surface area (Å²) in [6.07, 6.45) is 4.36. The molecule has 34 heavy (non-hydrogen) atoms. The Labute approximate surface area is 200 Å². The number of hydrogen-bond acceptors (Lipinski definition) is 7. The second-order valence-electron chi connectivity index (χ2n) is 7.22. The van der Waals surface area contributed by atoms with E-state index in [0.29, 0.717) is 49.2 Å². The number of ether oxygens (including phenoxy) is 5. The molecule has 8 heteroatoms. The molecule has 0 spiro atoms. The largest absolute Gasteiger partial charge is 0.493 e. The molecule has 1 N–H and O–H groups in total. The first kappa shape index (κ1) is 26.6. The minimum absolute atomic E-state index is 0.358. The van der Waals surface area contributed by atoms with Crippen molar-refractivity contribution in [1.82, 2.24) is 5.32 Å². The van der Waals surface area contributed by atoms with Crippen LogP contribution in [-0.4, -0.2) is 52.5 Å². The van der Waals surface area contributed by atoms with Crippen LogP contribution in [0.15, 0.2) is 42.5 Å². The van der Waals surface area contributed by atoms with Gasteiger partial charge in [-0.15, -0.1) is 0 Å². The third kappa shape index (κ3) is 8.69. The lowest BCUT2D eigenvalue weighted by molar-refractivity contribution is -0.143. The molecule has 0 heterocycles. The van der Waals surface area contributed by atoms with Gasteiger partial charge < -0.3 is 29.0 Å². The van der Waals surface area contributed by atoms with Gasteiger partial charge in [0, 0.05) is 12.6 Å². The van der Waals surface area contributed by atoms with Crippen LogP contribution in [0.2, 0.25) is 0 Å². The van der Waals surface area contributed by atoms with E-state index in [9.17, 15) is 9.59 Å². The highest BCUT2D eigenvalue weighted by molar-refractivity contribution is 5.89. The molecule has 2 rings (SSSR count). The maximum atomic E-state index is 12.0. The topological polar surface area (TPSA) is 92.3 Å². The SMILES string of the molecule is CCCOc1ccc(/C=C/C(=O)OCC(=O)NCCc2ccc(OC)c(OC)c2)cc1OCC. The van der Waals surface area contributed by atoms with Crippen molar-refractivity contribution in [2.75, 3.05) is 40.6 Å². The Kier molecular flexibility index (Phi) is 11.3. The van der Waals surface area contributed by atoms with Crippen LogP contribution < -0.4 is 24.3 Å². The molecule has 2 aromatic carbocycles. The van der Waals surface area contributed by atoms with Crippen LogP contribution in [-0.2, 0) is 20.7 Å². The van der Waals surface area contributed by atoms with Gasteiger partial charge in [0.1, 0.15) is 0 Å². The fourth-order valence-electron chi connectivity index (χ4n) is 3.01. The lowest BCUT2D eigenvalue weighted by atomic mass is 10.1. The van der Waals surface area contributed by atoms with E-state index < -0.39 is 5.97 Å².